The van der Waals surface area contributed by atoms with Gasteiger partial charge < -0.3 is 9.64 Å². The number of hydrogen-bond acceptors (Lipinski definition) is 6. The molecule has 0 spiro atoms. The van der Waals surface area contributed by atoms with E-state index in [1.807, 2.05) is 0 Å². The fraction of sp³-hybridized carbons (Fsp3) is 0.812. The number of H-pyrrole nitrogens is 1. The van der Waals surface area contributed by atoms with Crippen LogP contribution in [0.1, 0.15) is 24.2 Å². The second-order valence-electron chi connectivity index (χ2n) is 7.21. The van der Waals surface area contributed by atoms with Crippen molar-refractivity contribution in [1.29, 1.82) is 0 Å². The Kier molecular flexibility index (Phi) is 5.50. The maximum Gasteiger partial charge on any atom is 0.244 e. The lowest BCUT2D eigenvalue weighted by Crippen LogP contribution is -2.62. The Balaban J connectivity index is 1.79. The summed E-state index contributed by atoms with van der Waals surface area (Å²) in [5.74, 6) is 0. The summed E-state index contributed by atoms with van der Waals surface area (Å²) < 4.78 is 34.1. The van der Waals surface area contributed by atoms with E-state index in [1.165, 1.54) is 0 Å². The van der Waals surface area contributed by atoms with Crippen LogP contribution in [0.25, 0.3) is 0 Å². The Bertz CT molecular complexity index is 669. The molecular weight excluding hydrogens is 342 g/mol. The molecule has 142 valence electrons. The minimum absolute atomic E-state index is 0.144. The van der Waals surface area contributed by atoms with Gasteiger partial charge in [-0.3, -0.25) is 10.00 Å². The fourth-order valence-electron chi connectivity index (χ4n) is 3.92. The highest BCUT2D eigenvalue weighted by Gasteiger charge is 2.41. The fourth-order valence-corrected chi connectivity index (χ4v) is 5.40. The van der Waals surface area contributed by atoms with Crippen LogP contribution in [0.3, 0.4) is 0 Å². The van der Waals surface area contributed by atoms with Gasteiger partial charge >= 0.3 is 0 Å². The Morgan fingerprint density at radius 1 is 1.20 bits per heavy atom. The second kappa shape index (κ2) is 7.32. The van der Waals surface area contributed by atoms with E-state index >= 15 is 0 Å². The molecule has 25 heavy (non-hydrogen) atoms. The maximum absolute atomic E-state index is 12.8. The standard InChI is InChI=1S/C16H29N5O3S/c1-13-15(14(2)19-18-13)25(22,23)17-12-16(4-6-20(3)7-5-16)21-8-10-24-11-9-21/h17H,4-12H2,1-3H3,(H,18,19). The van der Waals surface area contributed by atoms with Gasteiger partial charge in [0.05, 0.1) is 24.6 Å². The Morgan fingerprint density at radius 2 is 1.84 bits per heavy atom. The number of nitrogens with zero attached hydrogens (tertiary/aromatic N) is 3. The zero-order valence-electron chi connectivity index (χ0n) is 15.3. The molecule has 8 nitrogen and oxygen atoms in total. The molecule has 3 rings (SSSR count). The van der Waals surface area contributed by atoms with Gasteiger partial charge in [-0.2, -0.15) is 5.10 Å². The first-order valence-corrected chi connectivity index (χ1v) is 10.3. The summed E-state index contributed by atoms with van der Waals surface area (Å²) in [6.45, 7) is 8.96. The largest absolute Gasteiger partial charge is 0.379 e. The predicted molar refractivity (Wildman–Crippen MR) is 95.1 cm³/mol. The number of sulfonamides is 1. The lowest BCUT2D eigenvalue weighted by atomic mass is 9.85. The van der Waals surface area contributed by atoms with Crippen LogP contribution in [0.15, 0.2) is 4.90 Å². The predicted octanol–water partition coefficient (Wildman–Crippen LogP) is 0.101. The van der Waals surface area contributed by atoms with Crippen molar-refractivity contribution in [2.75, 3.05) is 53.0 Å². The van der Waals surface area contributed by atoms with E-state index in [0.717, 1.165) is 39.0 Å². The molecular formula is C16H29N5O3S. The SMILES string of the molecule is Cc1n[nH]c(C)c1S(=O)(=O)NCC1(N2CCOCC2)CCN(C)CC1. The first-order valence-electron chi connectivity index (χ1n) is 8.87. The molecule has 2 fully saturated rings. The smallest absolute Gasteiger partial charge is 0.244 e. The lowest BCUT2D eigenvalue weighted by Gasteiger charge is -2.49. The van der Waals surface area contributed by atoms with Crippen LogP contribution in [0.5, 0.6) is 0 Å². The maximum atomic E-state index is 12.8. The first-order chi connectivity index (χ1) is 11.8. The Hall–Kier alpha value is -1.00. The molecule has 0 atom stereocenters. The van der Waals surface area contributed by atoms with Gasteiger partial charge in [-0.25, -0.2) is 13.1 Å². The van der Waals surface area contributed by atoms with Crippen molar-refractivity contribution >= 4 is 10.0 Å². The van der Waals surface area contributed by atoms with Crippen molar-refractivity contribution in [3.63, 3.8) is 0 Å². The van der Waals surface area contributed by atoms with Crippen LogP contribution in [-0.2, 0) is 14.8 Å². The summed E-state index contributed by atoms with van der Waals surface area (Å²) in [5, 5.41) is 6.77. The van der Waals surface area contributed by atoms with Crippen molar-refractivity contribution in [2.24, 2.45) is 0 Å². The number of rotatable bonds is 5. The van der Waals surface area contributed by atoms with Gasteiger partial charge in [0, 0.05) is 25.2 Å². The van der Waals surface area contributed by atoms with Crippen LogP contribution in [0.2, 0.25) is 0 Å². The van der Waals surface area contributed by atoms with Gasteiger partial charge in [-0.05, 0) is 46.8 Å². The normalized spacial score (nSPS) is 23.0. The van der Waals surface area contributed by atoms with Crippen molar-refractivity contribution in [3.05, 3.63) is 11.4 Å². The molecule has 0 saturated carbocycles. The molecule has 1 aromatic heterocycles. The average Bonchev–Trinajstić information content (AvgIpc) is 2.95. The molecule has 1 aromatic rings. The van der Waals surface area contributed by atoms with E-state index in [2.05, 4.69) is 31.8 Å². The number of aromatic amines is 1. The van der Waals surface area contributed by atoms with Gasteiger partial charge in [0.25, 0.3) is 0 Å². The van der Waals surface area contributed by atoms with Gasteiger partial charge in [-0.1, -0.05) is 0 Å². The van der Waals surface area contributed by atoms with E-state index in [0.29, 0.717) is 31.1 Å². The number of nitrogens with one attached hydrogen (secondary N) is 2. The van der Waals surface area contributed by atoms with Crippen molar-refractivity contribution in [2.45, 2.75) is 37.1 Å². The van der Waals surface area contributed by atoms with E-state index in [4.69, 9.17) is 4.74 Å². The van der Waals surface area contributed by atoms with Crippen LogP contribution in [0, 0.1) is 13.8 Å². The molecule has 9 heteroatoms. The summed E-state index contributed by atoms with van der Waals surface area (Å²) in [4.78, 5) is 5.00. The zero-order chi connectivity index (χ0) is 18.1. The minimum atomic E-state index is -3.58. The van der Waals surface area contributed by atoms with Gasteiger partial charge in [0.2, 0.25) is 10.0 Å². The number of morpholine rings is 1. The third-order valence-electron chi connectivity index (χ3n) is 5.52. The van der Waals surface area contributed by atoms with Crippen molar-refractivity contribution in [1.82, 2.24) is 24.7 Å². The number of aromatic nitrogens is 2. The topological polar surface area (TPSA) is 90.6 Å². The van der Waals surface area contributed by atoms with E-state index in [9.17, 15) is 8.42 Å². The molecule has 0 amide bonds. The zero-order valence-corrected chi connectivity index (χ0v) is 16.2. The lowest BCUT2D eigenvalue weighted by molar-refractivity contribution is -0.0427. The quantitative estimate of drug-likeness (QED) is 0.763. The number of likely N-dealkylation sites (tertiary alicyclic amines) is 1. The average molecular weight is 372 g/mol. The van der Waals surface area contributed by atoms with E-state index < -0.39 is 10.0 Å². The highest BCUT2D eigenvalue weighted by atomic mass is 32.2. The van der Waals surface area contributed by atoms with Crippen LogP contribution in [0.4, 0.5) is 0 Å². The number of ether oxygens (including phenoxy) is 1. The Labute approximate surface area is 150 Å². The molecule has 0 aromatic carbocycles. The summed E-state index contributed by atoms with van der Waals surface area (Å²) in [6.07, 6.45) is 1.91. The van der Waals surface area contributed by atoms with E-state index in [1.54, 1.807) is 13.8 Å². The summed E-state index contributed by atoms with van der Waals surface area (Å²) >= 11 is 0. The number of hydrogen-bond donors (Lipinski definition) is 2. The molecule has 2 aliphatic rings. The first kappa shape index (κ1) is 18.8. The van der Waals surface area contributed by atoms with Gasteiger partial charge in [0.15, 0.2) is 0 Å². The molecule has 3 heterocycles. The third-order valence-corrected chi connectivity index (χ3v) is 7.18. The van der Waals surface area contributed by atoms with Crippen LogP contribution in [-0.4, -0.2) is 86.9 Å². The summed E-state index contributed by atoms with van der Waals surface area (Å²) in [5.41, 5.74) is 0.942. The second-order valence-corrected chi connectivity index (χ2v) is 8.92. The summed E-state index contributed by atoms with van der Waals surface area (Å²) in [6, 6.07) is 0. The van der Waals surface area contributed by atoms with Gasteiger partial charge in [-0.15, -0.1) is 0 Å². The van der Waals surface area contributed by atoms with Gasteiger partial charge in [0.1, 0.15) is 4.90 Å². The molecule has 2 aliphatic heterocycles. The van der Waals surface area contributed by atoms with Crippen LogP contribution < -0.4 is 4.72 Å². The Morgan fingerprint density at radius 3 is 2.40 bits per heavy atom. The highest BCUT2D eigenvalue weighted by molar-refractivity contribution is 7.89. The highest BCUT2D eigenvalue weighted by Crippen LogP contribution is 2.30. The molecule has 2 N–H and O–H groups in total. The third kappa shape index (κ3) is 3.90. The number of piperidine rings is 1. The molecule has 0 aliphatic carbocycles. The molecule has 0 unspecified atom stereocenters. The molecule has 2 saturated heterocycles. The molecule has 0 bridgehead atoms. The monoisotopic (exact) mass is 371 g/mol. The van der Waals surface area contributed by atoms with E-state index in [-0.39, 0.29) is 10.4 Å². The van der Waals surface area contributed by atoms with Crippen molar-refractivity contribution < 1.29 is 13.2 Å². The molecule has 0 radical (unpaired) electrons. The van der Waals surface area contributed by atoms with Crippen molar-refractivity contribution in [3.8, 4) is 0 Å². The minimum Gasteiger partial charge on any atom is -0.379 e. The summed E-state index contributed by atoms with van der Waals surface area (Å²) in [7, 11) is -1.47. The van der Waals surface area contributed by atoms with Crippen LogP contribution >= 0.6 is 0 Å². The number of aryl methyl sites for hydroxylation is 2.